The molecule has 9 heteroatoms. The van der Waals surface area contributed by atoms with Gasteiger partial charge in [-0.05, 0) is 42.8 Å². The molecule has 2 rings (SSSR count). The summed E-state index contributed by atoms with van der Waals surface area (Å²) in [4.78, 5) is 35.2. The highest BCUT2D eigenvalue weighted by Gasteiger charge is 2.11. The Morgan fingerprint density at radius 2 is 1.77 bits per heavy atom. The Hall–Kier alpha value is -3.88. The first-order valence-electron chi connectivity index (χ1n) is 9.30. The fourth-order valence-electron chi connectivity index (χ4n) is 2.26. The van der Waals surface area contributed by atoms with Crippen molar-refractivity contribution in [3.63, 3.8) is 0 Å². The van der Waals surface area contributed by atoms with E-state index < -0.39 is 11.8 Å². The summed E-state index contributed by atoms with van der Waals surface area (Å²) in [6, 6.07) is 13.8. The smallest absolute Gasteiger partial charge is 0.329 e. The number of nitrogens with one attached hydrogen (secondary N) is 3. The van der Waals surface area contributed by atoms with Crippen LogP contribution in [0.25, 0.3) is 0 Å². The molecule has 0 atom stereocenters. The molecule has 0 heterocycles. The largest absolute Gasteiger partial charge is 0.497 e. The number of ether oxygens (including phenoxy) is 2. The summed E-state index contributed by atoms with van der Waals surface area (Å²) in [5.41, 5.74) is 3.29. The highest BCUT2D eigenvalue weighted by Crippen LogP contribution is 2.17. The van der Waals surface area contributed by atoms with Gasteiger partial charge in [0, 0.05) is 17.8 Å². The Kier molecular flexibility index (Phi) is 8.85. The average molecular weight is 412 g/mol. The summed E-state index contributed by atoms with van der Waals surface area (Å²) in [6.45, 7) is 2.07. The molecule has 0 saturated carbocycles. The molecule has 0 unspecified atom stereocenters. The standard InChI is InChI=1S/C21H24N4O5/c1-3-12-22-20(27)21(28)25-23-13-15-6-4-5-7-18(15)30-14-19(26)24-16-8-10-17(29-2)11-9-16/h4-11,13H,3,12,14H2,1-2H3,(H,22,27)(H,24,26)(H,25,28)/b23-13-. The first kappa shape index (κ1) is 22.4. The van der Waals surface area contributed by atoms with E-state index in [9.17, 15) is 14.4 Å². The number of methoxy groups -OCH3 is 1. The molecular weight excluding hydrogens is 388 g/mol. The van der Waals surface area contributed by atoms with Crippen LogP contribution in [0, 0.1) is 0 Å². The van der Waals surface area contributed by atoms with Gasteiger partial charge in [-0.2, -0.15) is 5.10 Å². The highest BCUT2D eigenvalue weighted by molar-refractivity contribution is 6.35. The lowest BCUT2D eigenvalue weighted by Crippen LogP contribution is -2.38. The number of anilines is 1. The molecule has 0 aliphatic rings. The van der Waals surface area contributed by atoms with Crippen molar-refractivity contribution in [3.05, 3.63) is 54.1 Å². The van der Waals surface area contributed by atoms with Crippen LogP contribution in [0.1, 0.15) is 18.9 Å². The molecular formula is C21H24N4O5. The van der Waals surface area contributed by atoms with Gasteiger partial charge in [0.15, 0.2) is 6.61 Å². The molecule has 3 amide bonds. The number of carbonyl (C=O) groups excluding carboxylic acids is 3. The topological polar surface area (TPSA) is 118 Å². The zero-order chi connectivity index (χ0) is 21.8. The second-order valence-corrected chi connectivity index (χ2v) is 6.06. The molecule has 0 spiro atoms. The summed E-state index contributed by atoms with van der Waals surface area (Å²) in [6.07, 6.45) is 2.06. The third kappa shape index (κ3) is 7.27. The molecule has 0 bridgehead atoms. The van der Waals surface area contributed by atoms with Gasteiger partial charge in [-0.1, -0.05) is 19.1 Å². The van der Waals surface area contributed by atoms with E-state index >= 15 is 0 Å². The molecule has 158 valence electrons. The number of carbonyl (C=O) groups is 3. The maximum Gasteiger partial charge on any atom is 0.329 e. The highest BCUT2D eigenvalue weighted by atomic mass is 16.5. The van der Waals surface area contributed by atoms with Gasteiger partial charge >= 0.3 is 11.8 Å². The summed E-state index contributed by atoms with van der Waals surface area (Å²) in [7, 11) is 1.56. The third-order valence-corrected chi connectivity index (χ3v) is 3.76. The van der Waals surface area contributed by atoms with Gasteiger partial charge in [-0.25, -0.2) is 5.43 Å². The fraction of sp³-hybridized carbons (Fsp3) is 0.238. The normalized spacial score (nSPS) is 10.3. The predicted octanol–water partition coefficient (Wildman–Crippen LogP) is 1.69. The molecule has 0 aromatic heterocycles. The zero-order valence-electron chi connectivity index (χ0n) is 16.8. The van der Waals surface area contributed by atoms with Crippen LogP contribution in [0.5, 0.6) is 11.5 Å². The SMILES string of the molecule is CCCNC(=O)C(=O)N/N=C\c1ccccc1OCC(=O)Nc1ccc(OC)cc1. The lowest BCUT2D eigenvalue weighted by molar-refractivity contribution is -0.139. The summed E-state index contributed by atoms with van der Waals surface area (Å²) in [5, 5.41) is 8.93. The van der Waals surface area contributed by atoms with E-state index in [-0.39, 0.29) is 12.5 Å². The second kappa shape index (κ2) is 11.8. The number of hydrogen-bond donors (Lipinski definition) is 3. The number of para-hydroxylation sites is 1. The van der Waals surface area contributed by atoms with Gasteiger partial charge < -0.3 is 20.1 Å². The Morgan fingerprint density at radius 3 is 2.47 bits per heavy atom. The lowest BCUT2D eigenvalue weighted by atomic mass is 10.2. The van der Waals surface area contributed by atoms with E-state index in [2.05, 4.69) is 21.2 Å². The van der Waals surface area contributed by atoms with Crippen molar-refractivity contribution in [1.82, 2.24) is 10.7 Å². The van der Waals surface area contributed by atoms with Gasteiger partial charge in [-0.3, -0.25) is 14.4 Å². The van der Waals surface area contributed by atoms with E-state index in [0.717, 1.165) is 6.42 Å². The van der Waals surface area contributed by atoms with Crippen molar-refractivity contribution in [3.8, 4) is 11.5 Å². The number of benzene rings is 2. The van der Waals surface area contributed by atoms with Crippen molar-refractivity contribution in [1.29, 1.82) is 0 Å². The Labute approximate surface area is 174 Å². The van der Waals surface area contributed by atoms with Crippen molar-refractivity contribution in [2.75, 3.05) is 25.6 Å². The molecule has 2 aromatic carbocycles. The summed E-state index contributed by atoms with van der Waals surface area (Å²) in [5.74, 6) is -0.873. The van der Waals surface area contributed by atoms with Crippen LogP contribution in [-0.2, 0) is 14.4 Å². The average Bonchev–Trinajstić information content (AvgIpc) is 2.77. The van der Waals surface area contributed by atoms with Gasteiger partial charge in [0.2, 0.25) is 0 Å². The number of amides is 3. The molecule has 9 nitrogen and oxygen atoms in total. The first-order chi connectivity index (χ1) is 14.5. The minimum atomic E-state index is -0.864. The maximum atomic E-state index is 12.1. The molecule has 0 fully saturated rings. The number of rotatable bonds is 9. The van der Waals surface area contributed by atoms with Crippen LogP contribution in [0.4, 0.5) is 5.69 Å². The maximum absolute atomic E-state index is 12.1. The van der Waals surface area contributed by atoms with Crippen LogP contribution in [-0.4, -0.2) is 44.2 Å². The van der Waals surface area contributed by atoms with E-state index in [0.29, 0.717) is 29.3 Å². The predicted molar refractivity (Wildman–Crippen MR) is 113 cm³/mol. The molecule has 0 aliphatic carbocycles. The fourth-order valence-corrected chi connectivity index (χ4v) is 2.26. The first-order valence-corrected chi connectivity index (χ1v) is 9.30. The Balaban J connectivity index is 1.88. The van der Waals surface area contributed by atoms with Gasteiger partial charge in [-0.15, -0.1) is 0 Å². The van der Waals surface area contributed by atoms with Gasteiger partial charge in [0.05, 0.1) is 13.3 Å². The number of hydrazone groups is 1. The minimum absolute atomic E-state index is 0.220. The van der Waals surface area contributed by atoms with E-state index in [4.69, 9.17) is 9.47 Å². The monoisotopic (exact) mass is 412 g/mol. The summed E-state index contributed by atoms with van der Waals surface area (Å²) < 4.78 is 10.6. The van der Waals surface area contributed by atoms with Crippen molar-refractivity contribution < 1.29 is 23.9 Å². The third-order valence-electron chi connectivity index (χ3n) is 3.76. The molecule has 2 aromatic rings. The number of nitrogens with zero attached hydrogens (tertiary/aromatic N) is 1. The molecule has 30 heavy (non-hydrogen) atoms. The Bertz CT molecular complexity index is 897. The number of hydrogen-bond acceptors (Lipinski definition) is 6. The van der Waals surface area contributed by atoms with Crippen LogP contribution < -0.4 is 25.5 Å². The van der Waals surface area contributed by atoms with Crippen molar-refractivity contribution in [2.45, 2.75) is 13.3 Å². The van der Waals surface area contributed by atoms with E-state index in [1.165, 1.54) is 6.21 Å². The van der Waals surface area contributed by atoms with E-state index in [1.54, 1.807) is 55.6 Å². The lowest BCUT2D eigenvalue weighted by Gasteiger charge is -2.10. The van der Waals surface area contributed by atoms with E-state index in [1.807, 2.05) is 6.92 Å². The van der Waals surface area contributed by atoms with Gasteiger partial charge in [0.25, 0.3) is 5.91 Å². The van der Waals surface area contributed by atoms with Crippen molar-refractivity contribution in [2.24, 2.45) is 5.10 Å². The van der Waals surface area contributed by atoms with Crippen molar-refractivity contribution >= 4 is 29.6 Å². The second-order valence-electron chi connectivity index (χ2n) is 6.06. The molecule has 0 aliphatic heterocycles. The molecule has 3 N–H and O–H groups in total. The molecule has 0 radical (unpaired) electrons. The minimum Gasteiger partial charge on any atom is -0.497 e. The zero-order valence-corrected chi connectivity index (χ0v) is 16.8. The van der Waals surface area contributed by atoms with Crippen LogP contribution in [0.2, 0.25) is 0 Å². The van der Waals surface area contributed by atoms with Crippen LogP contribution >= 0.6 is 0 Å². The van der Waals surface area contributed by atoms with Crippen LogP contribution in [0.3, 0.4) is 0 Å². The quantitative estimate of drug-likeness (QED) is 0.329. The van der Waals surface area contributed by atoms with Gasteiger partial charge in [0.1, 0.15) is 11.5 Å². The molecule has 0 saturated heterocycles. The van der Waals surface area contributed by atoms with Crippen LogP contribution in [0.15, 0.2) is 53.6 Å². The Morgan fingerprint density at radius 1 is 1.03 bits per heavy atom. The summed E-state index contributed by atoms with van der Waals surface area (Å²) >= 11 is 0.